The summed E-state index contributed by atoms with van der Waals surface area (Å²) < 4.78 is 3.74. The van der Waals surface area contributed by atoms with Crippen LogP contribution in [0.3, 0.4) is 0 Å². The Morgan fingerprint density at radius 1 is 0.577 bits per heavy atom. The van der Waals surface area contributed by atoms with Crippen LogP contribution < -0.4 is 34.6 Å². The zero-order valence-corrected chi connectivity index (χ0v) is 35.9. The van der Waals surface area contributed by atoms with Crippen molar-refractivity contribution in [3.05, 3.63) is 141 Å². The summed E-state index contributed by atoms with van der Waals surface area (Å²) in [5, 5.41) is 0. The minimum Gasteiger partial charge on any atom is -1.00 e. The van der Waals surface area contributed by atoms with E-state index in [1.807, 2.05) is 0 Å². The normalized spacial score (nSPS) is 12.6. The van der Waals surface area contributed by atoms with Crippen molar-refractivity contribution < 1.29 is 46.1 Å². The molecule has 4 aromatic carbocycles. The van der Waals surface area contributed by atoms with Crippen LogP contribution in [0.2, 0.25) is 0 Å². The molecule has 0 saturated carbocycles. The minimum atomic E-state index is -2.77. The number of hydrogen-bond acceptors (Lipinski definition) is 2. The van der Waals surface area contributed by atoms with Crippen molar-refractivity contribution in [3.8, 4) is 11.1 Å². The Bertz CT molecular complexity index is 1670. The average molecular weight is 813 g/mol. The molecule has 0 aromatic heterocycles. The fourth-order valence-electron chi connectivity index (χ4n) is 7.90. The Balaban J connectivity index is 0.00000302. The van der Waals surface area contributed by atoms with E-state index < -0.39 is 21.3 Å². The van der Waals surface area contributed by atoms with E-state index >= 15 is 0 Å². The fourth-order valence-corrected chi connectivity index (χ4v) is 16.9. The fraction of sp³-hybridized carbons (Fsp3) is 0.383. The number of nitrogens with zero attached hydrogens (tertiary/aromatic N) is 2. The maximum absolute atomic E-state index is 2.77. The Hall–Kier alpha value is -2.71. The monoisotopic (exact) mass is 810 g/mol. The summed E-state index contributed by atoms with van der Waals surface area (Å²) in [4.78, 5) is 5.38. The summed E-state index contributed by atoms with van der Waals surface area (Å²) in [6.07, 6.45) is 18.2. The van der Waals surface area contributed by atoms with Gasteiger partial charge in [-0.25, -0.2) is 0 Å². The third-order valence-electron chi connectivity index (χ3n) is 10.6. The molecule has 0 heterocycles. The molecule has 0 fully saturated rings. The Labute approximate surface area is 335 Å². The molecule has 2 aliphatic rings. The third kappa shape index (κ3) is 9.69. The molecule has 0 aliphatic heterocycles. The maximum Gasteiger partial charge on any atom is -1.00 e. The molecule has 0 spiro atoms. The van der Waals surface area contributed by atoms with Gasteiger partial charge in [-0.05, 0) is 0 Å². The third-order valence-corrected chi connectivity index (χ3v) is 18.9. The maximum atomic E-state index is 2.69. The van der Waals surface area contributed by atoms with Crippen molar-refractivity contribution in [2.45, 2.75) is 89.1 Å². The summed E-state index contributed by atoms with van der Waals surface area (Å²) in [5.74, 6) is 0. The van der Waals surface area contributed by atoms with Crippen molar-refractivity contribution >= 4 is 14.6 Å². The van der Waals surface area contributed by atoms with Crippen LogP contribution in [-0.2, 0) is 21.3 Å². The van der Waals surface area contributed by atoms with Crippen LogP contribution in [-0.4, -0.2) is 29.4 Å². The van der Waals surface area contributed by atoms with Crippen molar-refractivity contribution in [1.29, 1.82) is 0 Å². The van der Waals surface area contributed by atoms with Gasteiger partial charge < -0.3 is 24.8 Å². The molecule has 5 heteroatoms. The molecule has 0 atom stereocenters. The number of unbranched alkanes of at least 4 members (excludes halogenated alkanes) is 4. The predicted molar refractivity (Wildman–Crippen MR) is 216 cm³/mol. The van der Waals surface area contributed by atoms with E-state index in [-0.39, 0.29) is 24.8 Å². The van der Waals surface area contributed by atoms with E-state index in [4.69, 9.17) is 0 Å². The second-order valence-corrected chi connectivity index (χ2v) is 20.5. The molecule has 2 nitrogen and oxygen atoms in total. The van der Waals surface area contributed by atoms with Crippen molar-refractivity contribution in [2.75, 3.05) is 36.0 Å². The van der Waals surface area contributed by atoms with Crippen LogP contribution in [0.5, 0.6) is 0 Å². The molecule has 0 bridgehead atoms. The summed E-state index contributed by atoms with van der Waals surface area (Å²) in [6.45, 7) is 13.8. The summed E-state index contributed by atoms with van der Waals surface area (Å²) in [7, 11) is 0. The van der Waals surface area contributed by atoms with Gasteiger partial charge in [-0.2, -0.15) is 0 Å². The first-order valence-electron chi connectivity index (χ1n) is 19.7. The van der Waals surface area contributed by atoms with E-state index in [0.717, 1.165) is 32.6 Å². The largest absolute Gasteiger partial charge is 1.00 e. The van der Waals surface area contributed by atoms with Gasteiger partial charge in [-0.15, -0.1) is 0 Å². The van der Waals surface area contributed by atoms with E-state index in [9.17, 15) is 0 Å². The van der Waals surface area contributed by atoms with Crippen molar-refractivity contribution in [1.82, 2.24) is 0 Å². The summed E-state index contributed by atoms with van der Waals surface area (Å²) >= 11 is -2.77. The number of halogens is 2. The number of fused-ring (bicyclic) bond motifs is 3. The predicted octanol–water partition coefficient (Wildman–Crippen LogP) is 6.31. The SMILES string of the molecule is CCCCN(CCCC)c1ccc2c(c1)[CH]([Zr+2]([C]1=CC=CC1)=[C](c1ccccc1)c1ccccc1)c1cc(N(CCCC)CCCC)ccc1-2.[Cl-].[Cl-]. The number of benzene rings is 4. The van der Waals surface area contributed by atoms with Gasteiger partial charge in [0, 0.05) is 0 Å². The van der Waals surface area contributed by atoms with Gasteiger partial charge in [0.1, 0.15) is 0 Å². The van der Waals surface area contributed by atoms with Crippen LogP contribution in [0.25, 0.3) is 11.1 Å². The standard InChI is InChI=1S/C29H43N2.C13H10.C5H5.2ClH.Zr/c1-5-9-17-30(18-10-6-2)26-13-15-28-24(22-26)21-25-23-27(14-16-29(25)28)31(19-11-7-3)20-12-8-4;1-3-7-12(8-4-1)11-13-9-5-2-6-10-13;1-2-4-5-3-1;;;/h13-16,21-23H,5-12,17-20H2,1-4H3;1-10H;1-3H,4H2;2*1H;/q;;;;;+2/p-2. The van der Waals surface area contributed by atoms with E-state index in [1.54, 1.807) is 17.6 Å². The van der Waals surface area contributed by atoms with E-state index in [0.29, 0.717) is 3.63 Å². The average Bonchev–Trinajstić information content (AvgIpc) is 3.81. The van der Waals surface area contributed by atoms with Crippen LogP contribution in [0.15, 0.2) is 119 Å². The first kappa shape index (κ1) is 42.0. The zero-order chi connectivity index (χ0) is 34.7. The molecule has 0 N–H and O–H groups in total. The number of hydrogen-bond donors (Lipinski definition) is 0. The molecule has 274 valence electrons. The molecular weight excluding hydrogens is 755 g/mol. The van der Waals surface area contributed by atoms with Gasteiger partial charge in [0.15, 0.2) is 0 Å². The molecule has 6 rings (SSSR count). The molecule has 4 aromatic rings. The smallest absolute Gasteiger partial charge is 1.00 e. The summed E-state index contributed by atoms with van der Waals surface area (Å²) in [5.41, 5.74) is 11.7. The van der Waals surface area contributed by atoms with Crippen LogP contribution >= 0.6 is 0 Å². The molecular formula is C47H58Cl2N2Zr. The van der Waals surface area contributed by atoms with Crippen LogP contribution in [0, 0.1) is 0 Å². The zero-order valence-electron chi connectivity index (χ0n) is 31.9. The van der Waals surface area contributed by atoms with Crippen molar-refractivity contribution in [2.24, 2.45) is 0 Å². The van der Waals surface area contributed by atoms with Gasteiger partial charge in [0.2, 0.25) is 0 Å². The Kier molecular flexibility index (Phi) is 17.2. The van der Waals surface area contributed by atoms with Gasteiger partial charge in [0.05, 0.1) is 0 Å². The molecule has 0 unspecified atom stereocenters. The molecule has 2 aliphatic carbocycles. The van der Waals surface area contributed by atoms with E-state index in [2.05, 4.69) is 153 Å². The van der Waals surface area contributed by atoms with Crippen LogP contribution in [0.4, 0.5) is 11.4 Å². The molecule has 52 heavy (non-hydrogen) atoms. The molecule has 0 amide bonds. The second-order valence-electron chi connectivity index (χ2n) is 14.2. The topological polar surface area (TPSA) is 6.48 Å². The van der Waals surface area contributed by atoms with Gasteiger partial charge in [-0.3, -0.25) is 0 Å². The van der Waals surface area contributed by atoms with Gasteiger partial charge >= 0.3 is 313 Å². The van der Waals surface area contributed by atoms with Gasteiger partial charge in [-0.1, -0.05) is 0 Å². The van der Waals surface area contributed by atoms with Crippen molar-refractivity contribution in [3.63, 3.8) is 0 Å². The quantitative estimate of drug-likeness (QED) is 0.116. The number of rotatable bonds is 18. The summed E-state index contributed by atoms with van der Waals surface area (Å²) in [6, 6.07) is 38.0. The first-order chi connectivity index (χ1) is 24.7. The minimum absolute atomic E-state index is 0. The van der Waals surface area contributed by atoms with Gasteiger partial charge in [0.25, 0.3) is 0 Å². The first-order valence-corrected chi connectivity index (χ1v) is 23.5. The molecule has 0 saturated heterocycles. The molecule has 0 radical (unpaired) electrons. The van der Waals surface area contributed by atoms with Crippen LogP contribution in [0.1, 0.15) is 111 Å². The van der Waals surface area contributed by atoms with E-state index in [1.165, 1.54) is 85.0 Å². The Morgan fingerprint density at radius 2 is 1.00 bits per heavy atom. The number of allylic oxidation sites excluding steroid dienone is 4. The Morgan fingerprint density at radius 3 is 1.37 bits per heavy atom. The number of anilines is 2. The second kappa shape index (κ2) is 21.3.